The van der Waals surface area contributed by atoms with E-state index in [1.165, 1.54) is 0 Å². The van der Waals surface area contributed by atoms with Gasteiger partial charge in [0.15, 0.2) is 0 Å². The number of nitrogens with zero attached hydrogens (tertiary/aromatic N) is 2. The van der Waals surface area contributed by atoms with Crippen LogP contribution >= 0.6 is 44.1 Å². The van der Waals surface area contributed by atoms with Crippen molar-refractivity contribution in [1.82, 2.24) is 9.78 Å². The van der Waals surface area contributed by atoms with Crippen LogP contribution in [-0.2, 0) is 7.05 Å². The largest absolute Gasteiger partial charge is 0.437 e. The molecule has 2 N–H and O–H groups in total. The van der Waals surface area contributed by atoms with Gasteiger partial charge in [0.2, 0.25) is 5.88 Å². The molecule has 0 saturated heterocycles. The fourth-order valence-electron chi connectivity index (χ4n) is 1.70. The third-order valence-corrected chi connectivity index (χ3v) is 3.83. The van der Waals surface area contributed by atoms with Crippen LogP contribution in [0.5, 0.6) is 11.6 Å². The molecule has 1 aromatic carbocycles. The average molecular weight is 405 g/mol. The Morgan fingerprint density at radius 2 is 2.11 bits per heavy atom. The van der Waals surface area contributed by atoms with Crippen LogP contribution in [0.2, 0.25) is 0 Å². The first kappa shape index (κ1) is 14.5. The highest BCUT2D eigenvalue weighted by atomic mass is 79.9. The number of hydrogen-bond acceptors (Lipinski definition) is 3. The van der Waals surface area contributed by atoms with E-state index in [0.717, 1.165) is 14.6 Å². The maximum Gasteiger partial charge on any atom is 0.228 e. The highest BCUT2D eigenvalue weighted by Gasteiger charge is 2.18. The standard InChI is InChI=1S/C12H11Br2N3OS/c1-6-10(11(15)19)12(17(2)16-6)18-9-4-3-7(13)5-8(9)14/h3-5H,1-2H3,(H2,15,19). The molecular weight excluding hydrogens is 394 g/mol. The molecule has 7 heteroatoms. The summed E-state index contributed by atoms with van der Waals surface area (Å²) in [6, 6.07) is 5.64. The highest BCUT2D eigenvalue weighted by Crippen LogP contribution is 2.34. The quantitative estimate of drug-likeness (QED) is 0.792. The third kappa shape index (κ3) is 2.98. The van der Waals surface area contributed by atoms with E-state index >= 15 is 0 Å². The Hall–Kier alpha value is -0.920. The van der Waals surface area contributed by atoms with Crippen molar-refractivity contribution in [2.24, 2.45) is 12.8 Å². The summed E-state index contributed by atoms with van der Waals surface area (Å²) in [5, 5.41) is 4.28. The number of halogens is 2. The second kappa shape index (κ2) is 5.60. The molecule has 0 aliphatic heterocycles. The lowest BCUT2D eigenvalue weighted by atomic mass is 10.2. The van der Waals surface area contributed by atoms with E-state index in [1.807, 2.05) is 25.1 Å². The summed E-state index contributed by atoms with van der Waals surface area (Å²) >= 11 is 11.9. The first-order valence-corrected chi connectivity index (χ1v) is 7.36. The van der Waals surface area contributed by atoms with Gasteiger partial charge in [-0.15, -0.1) is 0 Å². The van der Waals surface area contributed by atoms with Crippen molar-refractivity contribution in [3.8, 4) is 11.6 Å². The molecule has 0 radical (unpaired) electrons. The fraction of sp³-hybridized carbons (Fsp3) is 0.167. The van der Waals surface area contributed by atoms with Crippen LogP contribution in [0.15, 0.2) is 27.1 Å². The monoisotopic (exact) mass is 403 g/mol. The Kier molecular flexibility index (Phi) is 4.27. The number of rotatable bonds is 3. The van der Waals surface area contributed by atoms with E-state index < -0.39 is 0 Å². The average Bonchev–Trinajstić information content (AvgIpc) is 2.57. The molecule has 1 aromatic heterocycles. The Morgan fingerprint density at radius 1 is 1.42 bits per heavy atom. The summed E-state index contributed by atoms with van der Waals surface area (Å²) in [6.07, 6.45) is 0. The minimum absolute atomic E-state index is 0.272. The molecule has 0 amide bonds. The van der Waals surface area contributed by atoms with E-state index in [2.05, 4.69) is 37.0 Å². The Labute approximate surface area is 133 Å². The van der Waals surface area contributed by atoms with E-state index in [1.54, 1.807) is 11.7 Å². The lowest BCUT2D eigenvalue weighted by molar-refractivity contribution is 0.427. The van der Waals surface area contributed by atoms with Gasteiger partial charge in [-0.1, -0.05) is 28.1 Å². The number of nitrogens with two attached hydrogens (primary N) is 1. The smallest absolute Gasteiger partial charge is 0.228 e. The molecule has 0 spiro atoms. The molecule has 19 heavy (non-hydrogen) atoms. The summed E-state index contributed by atoms with van der Waals surface area (Å²) in [6.45, 7) is 1.85. The van der Waals surface area contributed by atoms with Crippen LogP contribution in [0.25, 0.3) is 0 Å². The molecular formula is C12H11Br2N3OS. The van der Waals surface area contributed by atoms with Crippen molar-refractivity contribution < 1.29 is 4.74 Å². The van der Waals surface area contributed by atoms with Gasteiger partial charge in [-0.2, -0.15) is 5.10 Å². The molecule has 2 aromatic rings. The van der Waals surface area contributed by atoms with Crippen molar-refractivity contribution in [2.75, 3.05) is 0 Å². The zero-order valence-corrected chi connectivity index (χ0v) is 14.3. The van der Waals surface area contributed by atoms with E-state index in [0.29, 0.717) is 17.2 Å². The minimum Gasteiger partial charge on any atom is -0.437 e. The van der Waals surface area contributed by atoms with E-state index in [-0.39, 0.29) is 4.99 Å². The van der Waals surface area contributed by atoms with E-state index in [4.69, 9.17) is 22.7 Å². The first-order valence-electron chi connectivity index (χ1n) is 5.36. The molecule has 0 bridgehead atoms. The van der Waals surface area contributed by atoms with Gasteiger partial charge in [0.25, 0.3) is 0 Å². The van der Waals surface area contributed by atoms with Gasteiger partial charge in [-0.05, 0) is 41.1 Å². The van der Waals surface area contributed by atoms with Crippen LogP contribution in [0, 0.1) is 6.92 Å². The Bertz CT molecular complexity index is 655. The van der Waals surface area contributed by atoms with Gasteiger partial charge in [0, 0.05) is 11.5 Å². The zero-order chi connectivity index (χ0) is 14.2. The predicted molar refractivity (Wildman–Crippen MR) is 85.7 cm³/mol. The predicted octanol–water partition coefficient (Wildman–Crippen LogP) is 3.68. The molecule has 2 rings (SSSR count). The number of ether oxygens (including phenoxy) is 1. The number of aromatic nitrogens is 2. The van der Waals surface area contributed by atoms with Crippen molar-refractivity contribution in [3.05, 3.63) is 38.4 Å². The topological polar surface area (TPSA) is 53.1 Å². The van der Waals surface area contributed by atoms with Gasteiger partial charge in [-0.3, -0.25) is 0 Å². The summed E-state index contributed by atoms with van der Waals surface area (Å²) < 4.78 is 9.29. The van der Waals surface area contributed by atoms with E-state index in [9.17, 15) is 0 Å². The van der Waals surface area contributed by atoms with Crippen LogP contribution in [-0.4, -0.2) is 14.8 Å². The van der Waals surface area contributed by atoms with Crippen molar-refractivity contribution in [2.45, 2.75) is 6.92 Å². The summed E-state index contributed by atoms with van der Waals surface area (Å²) in [7, 11) is 1.79. The summed E-state index contributed by atoms with van der Waals surface area (Å²) in [5.74, 6) is 1.21. The second-order valence-electron chi connectivity index (χ2n) is 3.93. The maximum absolute atomic E-state index is 5.87. The third-order valence-electron chi connectivity index (χ3n) is 2.52. The first-order chi connectivity index (χ1) is 8.90. The van der Waals surface area contributed by atoms with Gasteiger partial charge in [0.1, 0.15) is 10.7 Å². The van der Waals surface area contributed by atoms with Crippen molar-refractivity contribution in [1.29, 1.82) is 0 Å². The van der Waals surface area contributed by atoms with Crippen molar-refractivity contribution >= 4 is 49.1 Å². The molecule has 0 unspecified atom stereocenters. The molecule has 100 valence electrons. The van der Waals surface area contributed by atoms with Gasteiger partial charge >= 0.3 is 0 Å². The Balaban J connectivity index is 2.46. The van der Waals surface area contributed by atoms with Crippen LogP contribution in [0.1, 0.15) is 11.3 Å². The minimum atomic E-state index is 0.272. The summed E-state index contributed by atoms with van der Waals surface area (Å²) in [4.78, 5) is 0.272. The lowest BCUT2D eigenvalue weighted by Gasteiger charge is -2.10. The molecule has 1 heterocycles. The van der Waals surface area contributed by atoms with Gasteiger partial charge < -0.3 is 10.5 Å². The van der Waals surface area contributed by atoms with Crippen LogP contribution in [0.3, 0.4) is 0 Å². The van der Waals surface area contributed by atoms with Crippen molar-refractivity contribution in [3.63, 3.8) is 0 Å². The SMILES string of the molecule is Cc1nn(C)c(Oc2ccc(Br)cc2Br)c1C(N)=S. The summed E-state index contributed by atoms with van der Waals surface area (Å²) in [5.41, 5.74) is 7.13. The van der Waals surface area contributed by atoms with Crippen LogP contribution < -0.4 is 10.5 Å². The number of aryl methyl sites for hydroxylation is 2. The maximum atomic E-state index is 5.87. The normalized spacial score (nSPS) is 10.5. The molecule has 0 fully saturated rings. The molecule has 0 aliphatic rings. The molecule has 4 nitrogen and oxygen atoms in total. The number of thiocarbonyl (C=S) groups is 1. The van der Waals surface area contributed by atoms with Crippen LogP contribution in [0.4, 0.5) is 0 Å². The van der Waals surface area contributed by atoms with Gasteiger partial charge in [-0.25, -0.2) is 4.68 Å². The van der Waals surface area contributed by atoms with Gasteiger partial charge in [0.05, 0.1) is 15.7 Å². The fourth-order valence-corrected chi connectivity index (χ4v) is 3.06. The molecule has 0 atom stereocenters. The number of benzene rings is 1. The molecule has 0 aliphatic carbocycles. The second-order valence-corrected chi connectivity index (χ2v) is 6.14. The highest BCUT2D eigenvalue weighted by molar-refractivity contribution is 9.11. The Morgan fingerprint density at radius 3 is 2.68 bits per heavy atom. The molecule has 0 saturated carbocycles. The number of hydrogen-bond donors (Lipinski definition) is 1. The lowest BCUT2D eigenvalue weighted by Crippen LogP contribution is -2.11. The zero-order valence-electron chi connectivity index (χ0n) is 10.3.